The number of carbonyl (C=O) groups excluding carboxylic acids is 1. The van der Waals surface area contributed by atoms with Gasteiger partial charge in [0.2, 0.25) is 10.0 Å². The Morgan fingerprint density at radius 2 is 1.92 bits per heavy atom. The van der Waals surface area contributed by atoms with Crippen molar-refractivity contribution in [3.05, 3.63) is 53.9 Å². The highest BCUT2D eigenvalue weighted by Crippen LogP contribution is 2.10. The van der Waals surface area contributed by atoms with E-state index in [0.29, 0.717) is 31.7 Å². The number of hydrogen-bond donors (Lipinski definition) is 3. The lowest BCUT2D eigenvalue weighted by Crippen LogP contribution is -2.26. The average molecular weight is 378 g/mol. The lowest BCUT2D eigenvalue weighted by Gasteiger charge is -2.08. The van der Waals surface area contributed by atoms with Crippen molar-refractivity contribution in [2.45, 2.75) is 11.3 Å². The van der Waals surface area contributed by atoms with Gasteiger partial charge >= 0.3 is 0 Å². The molecule has 0 aliphatic heterocycles. The number of primary sulfonamides is 1. The average Bonchev–Trinajstić information content (AvgIpc) is 2.62. The third-order valence-electron chi connectivity index (χ3n) is 3.59. The summed E-state index contributed by atoms with van der Waals surface area (Å²) >= 11 is 0. The molecule has 0 unspecified atom stereocenters. The first-order valence-corrected chi connectivity index (χ1v) is 9.52. The minimum absolute atomic E-state index is 0.0640. The van der Waals surface area contributed by atoms with Gasteiger partial charge < -0.3 is 15.4 Å². The van der Waals surface area contributed by atoms with E-state index in [9.17, 15) is 13.2 Å². The van der Waals surface area contributed by atoms with E-state index >= 15 is 0 Å². The number of benzene rings is 1. The van der Waals surface area contributed by atoms with Crippen LogP contribution in [-0.2, 0) is 21.2 Å². The molecule has 2 aromatic rings. The first-order valence-electron chi connectivity index (χ1n) is 7.98. The molecule has 4 N–H and O–H groups in total. The predicted octanol–water partition coefficient (Wildman–Crippen LogP) is 0.760. The smallest absolute Gasteiger partial charge is 0.252 e. The van der Waals surface area contributed by atoms with Crippen LogP contribution in [0.15, 0.2) is 47.6 Å². The number of hydrogen-bond acceptors (Lipinski definition) is 6. The Morgan fingerprint density at radius 1 is 1.19 bits per heavy atom. The largest absolute Gasteiger partial charge is 0.383 e. The Morgan fingerprint density at radius 3 is 2.58 bits per heavy atom. The predicted molar refractivity (Wildman–Crippen MR) is 98.5 cm³/mol. The summed E-state index contributed by atoms with van der Waals surface area (Å²) in [4.78, 5) is 16.3. The zero-order valence-electron chi connectivity index (χ0n) is 14.4. The molecule has 2 rings (SSSR count). The molecule has 9 heteroatoms. The normalized spacial score (nSPS) is 11.2. The number of sulfonamides is 1. The van der Waals surface area contributed by atoms with Gasteiger partial charge in [-0.2, -0.15) is 0 Å². The van der Waals surface area contributed by atoms with Crippen LogP contribution in [0.2, 0.25) is 0 Å². The summed E-state index contributed by atoms with van der Waals surface area (Å²) in [6.07, 6.45) is 3.70. The van der Waals surface area contributed by atoms with Crippen LogP contribution in [-0.4, -0.2) is 46.1 Å². The van der Waals surface area contributed by atoms with Crippen LogP contribution in [0.1, 0.15) is 15.9 Å². The van der Waals surface area contributed by atoms with Crippen molar-refractivity contribution < 1.29 is 17.9 Å². The second kappa shape index (κ2) is 9.27. The summed E-state index contributed by atoms with van der Waals surface area (Å²) < 4.78 is 27.4. The molecular formula is C17H22N4O4S. The summed E-state index contributed by atoms with van der Waals surface area (Å²) in [7, 11) is -2.08. The van der Waals surface area contributed by atoms with Gasteiger partial charge in [-0.25, -0.2) is 13.6 Å². The van der Waals surface area contributed by atoms with Crippen molar-refractivity contribution in [2.24, 2.45) is 5.14 Å². The minimum atomic E-state index is -3.69. The number of anilines is 1. The van der Waals surface area contributed by atoms with E-state index < -0.39 is 10.0 Å². The lowest BCUT2D eigenvalue weighted by atomic mass is 10.1. The summed E-state index contributed by atoms with van der Waals surface area (Å²) in [5, 5.41) is 11.0. The van der Waals surface area contributed by atoms with E-state index in [1.807, 2.05) is 0 Å². The van der Waals surface area contributed by atoms with Crippen molar-refractivity contribution in [3.63, 3.8) is 0 Å². The lowest BCUT2D eigenvalue weighted by molar-refractivity contribution is 0.0954. The fourth-order valence-electron chi connectivity index (χ4n) is 2.23. The molecular weight excluding hydrogens is 356 g/mol. The number of ether oxygens (including phenoxy) is 1. The number of rotatable bonds is 9. The van der Waals surface area contributed by atoms with Gasteiger partial charge in [-0.05, 0) is 30.2 Å². The molecule has 0 saturated carbocycles. The summed E-state index contributed by atoms with van der Waals surface area (Å²) in [5.41, 5.74) is 2.09. The van der Waals surface area contributed by atoms with Gasteiger partial charge in [0, 0.05) is 32.6 Å². The van der Waals surface area contributed by atoms with Crippen molar-refractivity contribution in [1.29, 1.82) is 0 Å². The maximum absolute atomic E-state index is 12.2. The molecule has 0 spiro atoms. The molecule has 0 aliphatic rings. The number of amides is 1. The maximum atomic E-state index is 12.2. The number of methoxy groups -OCH3 is 1. The molecule has 1 aromatic heterocycles. The Labute approximate surface area is 152 Å². The van der Waals surface area contributed by atoms with Crippen molar-refractivity contribution in [3.8, 4) is 0 Å². The van der Waals surface area contributed by atoms with E-state index in [-0.39, 0.29) is 10.8 Å². The van der Waals surface area contributed by atoms with Gasteiger partial charge in [0.1, 0.15) is 0 Å². The monoisotopic (exact) mass is 378 g/mol. The quantitative estimate of drug-likeness (QED) is 0.554. The molecule has 1 heterocycles. The Bertz CT molecular complexity index is 838. The zero-order valence-corrected chi connectivity index (χ0v) is 15.3. The molecule has 0 radical (unpaired) electrons. The van der Waals surface area contributed by atoms with Gasteiger partial charge in [-0.3, -0.25) is 9.78 Å². The molecule has 140 valence electrons. The van der Waals surface area contributed by atoms with Crippen LogP contribution in [0, 0.1) is 0 Å². The number of aromatic nitrogens is 1. The number of nitrogens with two attached hydrogens (primary N) is 1. The van der Waals surface area contributed by atoms with Crippen molar-refractivity contribution >= 4 is 21.6 Å². The van der Waals surface area contributed by atoms with Gasteiger partial charge in [-0.15, -0.1) is 0 Å². The molecule has 1 aromatic carbocycles. The third kappa shape index (κ3) is 6.10. The summed E-state index contributed by atoms with van der Waals surface area (Å²) in [6.45, 7) is 1.59. The van der Waals surface area contributed by atoms with Crippen LogP contribution >= 0.6 is 0 Å². The Hall–Kier alpha value is -2.49. The molecule has 0 saturated heterocycles. The fraction of sp³-hybridized carbons (Fsp3) is 0.294. The van der Waals surface area contributed by atoms with Crippen LogP contribution < -0.4 is 15.8 Å². The second-order valence-electron chi connectivity index (χ2n) is 5.58. The van der Waals surface area contributed by atoms with E-state index in [1.165, 1.54) is 18.3 Å². The van der Waals surface area contributed by atoms with Crippen LogP contribution in [0.25, 0.3) is 0 Å². The maximum Gasteiger partial charge on any atom is 0.252 e. The van der Waals surface area contributed by atoms with Gasteiger partial charge in [0.25, 0.3) is 5.91 Å². The van der Waals surface area contributed by atoms with Crippen molar-refractivity contribution in [2.75, 3.05) is 32.1 Å². The highest BCUT2D eigenvalue weighted by atomic mass is 32.2. The fourth-order valence-corrected chi connectivity index (χ4v) is 2.74. The number of nitrogens with one attached hydrogen (secondary N) is 2. The molecule has 0 fully saturated rings. The number of nitrogens with zero attached hydrogens (tertiary/aromatic N) is 1. The first kappa shape index (κ1) is 19.8. The van der Waals surface area contributed by atoms with E-state index in [1.54, 1.807) is 31.5 Å². The van der Waals surface area contributed by atoms with E-state index in [4.69, 9.17) is 9.88 Å². The summed E-state index contributed by atoms with van der Waals surface area (Å²) in [6, 6.07) is 7.97. The molecule has 0 aliphatic carbocycles. The van der Waals surface area contributed by atoms with Crippen LogP contribution in [0.3, 0.4) is 0 Å². The molecule has 0 bridgehead atoms. The highest BCUT2D eigenvalue weighted by Gasteiger charge is 2.08. The number of pyridine rings is 1. The van der Waals surface area contributed by atoms with Gasteiger partial charge in [-0.1, -0.05) is 12.1 Å². The van der Waals surface area contributed by atoms with Gasteiger partial charge in [0.05, 0.1) is 22.8 Å². The van der Waals surface area contributed by atoms with Crippen molar-refractivity contribution in [1.82, 2.24) is 10.3 Å². The highest BCUT2D eigenvalue weighted by molar-refractivity contribution is 7.89. The molecule has 1 amide bonds. The second-order valence-corrected chi connectivity index (χ2v) is 7.14. The van der Waals surface area contributed by atoms with Gasteiger partial charge in [0.15, 0.2) is 0 Å². The third-order valence-corrected chi connectivity index (χ3v) is 4.52. The molecule has 0 atom stereocenters. The minimum Gasteiger partial charge on any atom is -0.383 e. The summed E-state index contributed by atoms with van der Waals surface area (Å²) in [5.74, 6) is -0.228. The topological polar surface area (TPSA) is 123 Å². The standard InChI is InChI=1S/C17H22N4O4S/c1-25-9-8-20-15-10-14(11-19-12-15)17(22)21-7-6-13-2-4-16(5-3-13)26(18,23)24/h2-5,10-12,20H,6-9H2,1H3,(H,21,22)(H2,18,23,24). The zero-order chi connectivity index (χ0) is 19.0. The SMILES string of the molecule is COCCNc1cncc(C(=O)NCCc2ccc(S(N)(=O)=O)cc2)c1. The van der Waals surface area contributed by atoms with E-state index in [2.05, 4.69) is 15.6 Å². The number of carbonyl (C=O) groups is 1. The van der Waals surface area contributed by atoms with Crippen LogP contribution in [0.5, 0.6) is 0 Å². The Balaban J connectivity index is 1.86. The molecule has 26 heavy (non-hydrogen) atoms. The van der Waals surface area contributed by atoms with Crippen LogP contribution in [0.4, 0.5) is 5.69 Å². The van der Waals surface area contributed by atoms with E-state index in [0.717, 1.165) is 11.3 Å². The first-order chi connectivity index (χ1) is 12.4. The Kier molecular flexibility index (Phi) is 7.07. The molecule has 8 nitrogen and oxygen atoms in total.